The van der Waals surface area contributed by atoms with E-state index in [1.54, 1.807) is 0 Å². The highest BCUT2D eigenvalue weighted by Gasteiger charge is 2.48. The number of carbonyl (C=O) groups is 1. The van der Waals surface area contributed by atoms with Gasteiger partial charge in [-0.15, -0.1) is 12.4 Å². The number of amides is 1. The number of thiocarbonyl (C=S) groups is 1. The quantitative estimate of drug-likeness (QED) is 0.211. The number of nitrogens with zero attached hydrogens (tertiary/aromatic N) is 2. The normalized spacial score (nSPS) is 26.5. The number of unbranched alkanes of at least 4 members (excludes halogenated alkanes) is 1. The van der Waals surface area contributed by atoms with Crippen molar-refractivity contribution in [2.75, 3.05) is 32.7 Å². The van der Waals surface area contributed by atoms with Gasteiger partial charge in [-0.1, -0.05) is 42.0 Å². The highest BCUT2D eigenvalue weighted by Crippen LogP contribution is 2.49. The van der Waals surface area contributed by atoms with Gasteiger partial charge >= 0.3 is 0 Å². The van der Waals surface area contributed by atoms with Crippen LogP contribution in [0.15, 0.2) is 39.7 Å². The van der Waals surface area contributed by atoms with E-state index in [2.05, 4.69) is 16.3 Å². The van der Waals surface area contributed by atoms with Gasteiger partial charge in [-0.25, -0.2) is 0 Å². The molecule has 2 saturated heterocycles. The molecule has 3 unspecified atom stereocenters. The van der Waals surface area contributed by atoms with E-state index in [4.69, 9.17) is 28.2 Å². The minimum absolute atomic E-state index is 0. The average molecular weight is 593 g/mol. The monoisotopic (exact) mass is 591 g/mol. The van der Waals surface area contributed by atoms with Crippen LogP contribution in [0.2, 0.25) is 5.02 Å². The Balaban J connectivity index is 0.00000294. The number of nitrogens with one attached hydrogen (secondary N) is 1. The number of rotatable bonds is 8. The maximum atomic E-state index is 13.5. The zero-order chi connectivity index (χ0) is 25.4. The molecule has 2 aromatic rings. The number of hydrogen-bond donors (Lipinski definition) is 1. The summed E-state index contributed by atoms with van der Waals surface area (Å²) in [5.74, 6) is 3.02. The molecule has 38 heavy (non-hydrogen) atoms. The number of carbonyl (C=O) groups excluding carboxylic acids is 1. The lowest BCUT2D eigenvalue weighted by Crippen LogP contribution is -2.43. The molecular formula is C29H35Cl2N3O2S2. The molecule has 4 fully saturated rings. The van der Waals surface area contributed by atoms with Crippen molar-refractivity contribution in [3.05, 3.63) is 51.6 Å². The predicted octanol–water partition coefficient (Wildman–Crippen LogP) is 6.64. The summed E-state index contributed by atoms with van der Waals surface area (Å²) in [5, 5.41) is 4.12. The third-order valence-electron chi connectivity index (χ3n) is 8.47. The summed E-state index contributed by atoms with van der Waals surface area (Å²) >= 11 is 13.3. The van der Waals surface area contributed by atoms with Crippen LogP contribution in [-0.4, -0.2) is 58.8 Å². The molecule has 1 amide bonds. The molecule has 3 heterocycles. The second-order valence-electron chi connectivity index (χ2n) is 10.8. The van der Waals surface area contributed by atoms with E-state index in [9.17, 15) is 4.79 Å². The Morgan fingerprint density at radius 2 is 1.92 bits per heavy atom. The first-order chi connectivity index (χ1) is 18.0. The number of halogens is 2. The van der Waals surface area contributed by atoms with E-state index in [1.165, 1.54) is 31.0 Å². The Morgan fingerprint density at radius 1 is 1.13 bits per heavy atom. The molecule has 4 aliphatic rings. The summed E-state index contributed by atoms with van der Waals surface area (Å²) < 4.78 is 7.08. The van der Waals surface area contributed by atoms with Crippen molar-refractivity contribution in [1.82, 2.24) is 15.1 Å². The molecule has 5 nitrogen and oxygen atoms in total. The highest BCUT2D eigenvalue weighted by atomic mass is 35.5. The predicted molar refractivity (Wildman–Crippen MR) is 163 cm³/mol. The second-order valence-corrected chi connectivity index (χ2v) is 13.0. The first-order valence-corrected chi connectivity index (χ1v) is 15.2. The lowest BCUT2D eigenvalue weighted by molar-refractivity contribution is -0.124. The molecule has 1 aromatic carbocycles. The molecule has 1 aromatic heterocycles. The number of furan rings is 1. The fourth-order valence-electron chi connectivity index (χ4n) is 6.51. The van der Waals surface area contributed by atoms with Gasteiger partial charge in [0.15, 0.2) is 0 Å². The van der Waals surface area contributed by atoms with E-state index in [0.29, 0.717) is 20.2 Å². The van der Waals surface area contributed by atoms with Gasteiger partial charge in [0.05, 0.1) is 4.91 Å². The summed E-state index contributed by atoms with van der Waals surface area (Å²) in [6.07, 6.45) is 9.98. The molecule has 204 valence electrons. The van der Waals surface area contributed by atoms with Crippen LogP contribution in [0.4, 0.5) is 0 Å². The highest BCUT2D eigenvalue weighted by molar-refractivity contribution is 8.26. The van der Waals surface area contributed by atoms with Crippen molar-refractivity contribution in [1.29, 1.82) is 0 Å². The molecule has 1 N–H and O–H groups in total. The van der Waals surface area contributed by atoms with Gasteiger partial charge < -0.3 is 14.6 Å². The Kier molecular flexibility index (Phi) is 9.23. The summed E-state index contributed by atoms with van der Waals surface area (Å²) in [5.41, 5.74) is 2.14. The van der Waals surface area contributed by atoms with Crippen LogP contribution in [0.5, 0.6) is 0 Å². The Labute approximate surface area is 246 Å². The molecule has 0 spiro atoms. The maximum absolute atomic E-state index is 13.5. The largest absolute Gasteiger partial charge is 0.456 e. The fourth-order valence-corrected chi connectivity index (χ4v) is 7.98. The van der Waals surface area contributed by atoms with E-state index in [1.807, 2.05) is 35.2 Å². The molecule has 6 rings (SSSR count). The van der Waals surface area contributed by atoms with Crippen molar-refractivity contribution < 1.29 is 9.21 Å². The first kappa shape index (κ1) is 28.2. The number of piperazine rings is 1. The number of fused-ring (bicyclic) bond motifs is 2. The van der Waals surface area contributed by atoms with Crippen LogP contribution in [0.25, 0.3) is 17.4 Å². The van der Waals surface area contributed by atoms with Gasteiger partial charge in [-0.2, -0.15) is 0 Å². The van der Waals surface area contributed by atoms with Gasteiger partial charge in [-0.3, -0.25) is 9.69 Å². The summed E-state index contributed by atoms with van der Waals surface area (Å²) in [6.45, 7) is 5.54. The minimum Gasteiger partial charge on any atom is -0.456 e. The SMILES string of the molecule is Cl.O=C1/C(=C/c2oc(-c3ccc(Cl)cc3)cc2CCCCN2CCNCC2)SC(=S)N1C1CC2CCC1C2. The maximum Gasteiger partial charge on any atom is 0.266 e. The van der Waals surface area contributed by atoms with Crippen LogP contribution < -0.4 is 5.32 Å². The molecule has 9 heteroatoms. The van der Waals surface area contributed by atoms with Gasteiger partial charge in [0.25, 0.3) is 5.91 Å². The number of aryl methyl sites for hydroxylation is 1. The molecule has 2 saturated carbocycles. The first-order valence-electron chi connectivity index (χ1n) is 13.6. The van der Waals surface area contributed by atoms with Crippen molar-refractivity contribution in [2.24, 2.45) is 11.8 Å². The van der Waals surface area contributed by atoms with E-state index in [-0.39, 0.29) is 24.4 Å². The minimum atomic E-state index is 0. The van der Waals surface area contributed by atoms with Gasteiger partial charge in [0, 0.05) is 48.9 Å². The molecule has 0 radical (unpaired) electrons. The lowest BCUT2D eigenvalue weighted by Gasteiger charge is -2.30. The van der Waals surface area contributed by atoms with Crippen LogP contribution >= 0.6 is 48.0 Å². The van der Waals surface area contributed by atoms with Crippen LogP contribution in [-0.2, 0) is 11.2 Å². The van der Waals surface area contributed by atoms with E-state index < -0.39 is 0 Å². The fraction of sp³-hybridized carbons (Fsp3) is 0.517. The summed E-state index contributed by atoms with van der Waals surface area (Å²) in [6, 6.07) is 10.1. The molecule has 3 atom stereocenters. The summed E-state index contributed by atoms with van der Waals surface area (Å²) in [7, 11) is 0. The average Bonchev–Trinajstić information content (AvgIpc) is 3.68. The Bertz CT molecular complexity index is 1190. The van der Waals surface area contributed by atoms with Crippen molar-refractivity contribution >= 4 is 64.3 Å². The Hall–Kier alpha value is -1.35. The molecule has 2 aliphatic carbocycles. The smallest absolute Gasteiger partial charge is 0.266 e. The third-order valence-corrected chi connectivity index (χ3v) is 10.1. The number of benzene rings is 1. The number of hydrogen-bond acceptors (Lipinski definition) is 6. The summed E-state index contributed by atoms with van der Waals surface area (Å²) in [4.78, 5) is 18.7. The third kappa shape index (κ3) is 6.03. The number of thioether (sulfide) groups is 1. The molecule has 2 bridgehead atoms. The second kappa shape index (κ2) is 12.4. The van der Waals surface area contributed by atoms with Crippen LogP contribution in [0, 0.1) is 11.8 Å². The van der Waals surface area contributed by atoms with E-state index >= 15 is 0 Å². The topological polar surface area (TPSA) is 48.7 Å². The Morgan fingerprint density at radius 3 is 2.63 bits per heavy atom. The zero-order valence-electron chi connectivity index (χ0n) is 21.5. The lowest BCUT2D eigenvalue weighted by atomic mass is 9.94. The van der Waals surface area contributed by atoms with Crippen LogP contribution in [0.3, 0.4) is 0 Å². The van der Waals surface area contributed by atoms with Crippen LogP contribution in [0.1, 0.15) is 49.8 Å². The standard InChI is InChI=1S/C29H34ClN3O2S2.ClH/c30-23-8-6-20(7-9-23)25-17-22(3-1-2-12-32-13-10-31-11-14-32)26(35-25)18-27-28(34)33(29(36)37-27)24-16-19-4-5-21(24)15-19;/h6-9,17-19,21,24,31H,1-5,10-16H2;1H/b27-18-;. The van der Waals surface area contributed by atoms with Gasteiger partial charge in [0.1, 0.15) is 15.8 Å². The molecule has 2 aliphatic heterocycles. The van der Waals surface area contributed by atoms with Crippen molar-refractivity contribution in [3.63, 3.8) is 0 Å². The van der Waals surface area contributed by atoms with Crippen molar-refractivity contribution in [3.8, 4) is 11.3 Å². The van der Waals surface area contributed by atoms with Gasteiger partial charge in [0.2, 0.25) is 0 Å². The van der Waals surface area contributed by atoms with E-state index in [0.717, 1.165) is 87.0 Å². The van der Waals surface area contributed by atoms with Gasteiger partial charge in [-0.05, 0) is 92.8 Å². The zero-order valence-corrected chi connectivity index (χ0v) is 24.7. The van der Waals surface area contributed by atoms with Crippen molar-refractivity contribution in [2.45, 2.75) is 51.0 Å². The molecular weight excluding hydrogens is 557 g/mol.